The summed E-state index contributed by atoms with van der Waals surface area (Å²) in [5.41, 5.74) is 4.76. The van der Waals surface area contributed by atoms with Crippen LogP contribution in [0.25, 0.3) is 11.3 Å². The van der Waals surface area contributed by atoms with Gasteiger partial charge >= 0.3 is 0 Å². The van der Waals surface area contributed by atoms with E-state index in [0.29, 0.717) is 12.0 Å². The standard InChI is InChI=1S/C17H22N4/c1-20(2)15-7-4-10-18-17(15)14-11-21(13-5-3-6-13)19-16(14)12-8-9-12/h4,7,10-13H,3,5-6,8-9H2,1-2H3. The third kappa shape index (κ3) is 2.23. The molecular weight excluding hydrogens is 260 g/mol. The normalized spacial score (nSPS) is 18.6. The highest BCUT2D eigenvalue weighted by atomic mass is 15.3. The van der Waals surface area contributed by atoms with Crippen molar-refractivity contribution >= 4 is 5.69 Å². The summed E-state index contributed by atoms with van der Waals surface area (Å²) in [6, 6.07) is 4.76. The van der Waals surface area contributed by atoms with Crippen LogP contribution in [-0.2, 0) is 0 Å². The van der Waals surface area contributed by atoms with Gasteiger partial charge < -0.3 is 4.90 Å². The van der Waals surface area contributed by atoms with E-state index in [9.17, 15) is 0 Å². The lowest BCUT2D eigenvalue weighted by atomic mass is 9.93. The molecule has 0 aliphatic heterocycles. The van der Waals surface area contributed by atoms with E-state index >= 15 is 0 Å². The van der Waals surface area contributed by atoms with Crippen LogP contribution in [0, 0.1) is 0 Å². The molecule has 4 nitrogen and oxygen atoms in total. The minimum atomic E-state index is 0.614. The molecular formula is C17H22N4. The van der Waals surface area contributed by atoms with Gasteiger partial charge in [-0.3, -0.25) is 9.67 Å². The SMILES string of the molecule is CN(C)c1cccnc1-c1cn(C2CCC2)nc1C1CC1. The third-order valence-corrected chi connectivity index (χ3v) is 4.70. The highest BCUT2D eigenvalue weighted by molar-refractivity contribution is 5.76. The molecule has 2 aliphatic rings. The molecule has 0 atom stereocenters. The van der Waals surface area contributed by atoms with E-state index in [2.05, 4.69) is 40.9 Å². The zero-order chi connectivity index (χ0) is 14.4. The largest absolute Gasteiger partial charge is 0.376 e. The predicted octanol–water partition coefficient (Wildman–Crippen LogP) is 3.61. The number of anilines is 1. The molecule has 21 heavy (non-hydrogen) atoms. The number of rotatable bonds is 4. The average molecular weight is 282 g/mol. The lowest BCUT2D eigenvalue weighted by Gasteiger charge is -2.25. The molecule has 110 valence electrons. The van der Waals surface area contributed by atoms with Gasteiger partial charge in [-0.05, 0) is 44.2 Å². The zero-order valence-electron chi connectivity index (χ0n) is 12.8. The van der Waals surface area contributed by atoms with Crippen LogP contribution in [0.3, 0.4) is 0 Å². The minimum Gasteiger partial charge on any atom is -0.376 e. The molecule has 2 aromatic heterocycles. The summed E-state index contributed by atoms with van der Waals surface area (Å²) in [6.07, 6.45) is 10.6. The van der Waals surface area contributed by atoms with Crippen LogP contribution in [0.2, 0.25) is 0 Å². The smallest absolute Gasteiger partial charge is 0.0969 e. The minimum absolute atomic E-state index is 0.614. The summed E-state index contributed by atoms with van der Waals surface area (Å²) in [7, 11) is 4.15. The van der Waals surface area contributed by atoms with E-state index in [4.69, 9.17) is 5.10 Å². The highest BCUT2D eigenvalue weighted by Gasteiger charge is 2.32. The number of pyridine rings is 1. The van der Waals surface area contributed by atoms with Gasteiger partial charge in [0.1, 0.15) is 0 Å². The molecule has 2 aromatic rings. The van der Waals surface area contributed by atoms with Crippen LogP contribution in [0.5, 0.6) is 0 Å². The van der Waals surface area contributed by atoms with Crippen molar-refractivity contribution in [3.8, 4) is 11.3 Å². The molecule has 2 aliphatic carbocycles. The molecule has 2 heterocycles. The average Bonchev–Trinajstić information content (AvgIpc) is 3.18. The Hall–Kier alpha value is -1.84. The van der Waals surface area contributed by atoms with Gasteiger partial charge in [0.05, 0.1) is 23.1 Å². The first kappa shape index (κ1) is 12.9. The number of nitrogens with zero attached hydrogens (tertiary/aromatic N) is 4. The van der Waals surface area contributed by atoms with E-state index in [1.54, 1.807) is 0 Å². The molecule has 0 radical (unpaired) electrons. The number of hydrogen-bond acceptors (Lipinski definition) is 3. The van der Waals surface area contributed by atoms with Crippen LogP contribution in [0.4, 0.5) is 5.69 Å². The van der Waals surface area contributed by atoms with Gasteiger partial charge in [-0.15, -0.1) is 0 Å². The molecule has 0 aromatic carbocycles. The molecule has 2 saturated carbocycles. The first-order valence-electron chi connectivity index (χ1n) is 7.96. The van der Waals surface area contributed by atoms with E-state index in [-0.39, 0.29) is 0 Å². The fourth-order valence-corrected chi connectivity index (χ4v) is 3.05. The Kier molecular flexibility index (Phi) is 2.98. The molecule has 0 N–H and O–H groups in total. The molecule has 4 rings (SSSR count). The quantitative estimate of drug-likeness (QED) is 0.859. The lowest BCUT2D eigenvalue weighted by Crippen LogP contribution is -2.17. The maximum absolute atomic E-state index is 4.93. The monoisotopic (exact) mass is 282 g/mol. The molecule has 4 heteroatoms. The van der Waals surface area contributed by atoms with Crippen molar-refractivity contribution in [2.24, 2.45) is 0 Å². The highest BCUT2D eigenvalue weighted by Crippen LogP contribution is 2.45. The van der Waals surface area contributed by atoms with E-state index in [1.165, 1.54) is 49.0 Å². The molecule has 0 spiro atoms. The second-order valence-electron chi connectivity index (χ2n) is 6.53. The van der Waals surface area contributed by atoms with E-state index in [1.807, 2.05) is 12.3 Å². The van der Waals surface area contributed by atoms with Crippen LogP contribution in [0.1, 0.15) is 49.8 Å². The first-order chi connectivity index (χ1) is 10.2. The molecule has 0 saturated heterocycles. The number of aromatic nitrogens is 3. The lowest BCUT2D eigenvalue weighted by molar-refractivity contribution is 0.288. The summed E-state index contributed by atoms with van der Waals surface area (Å²) >= 11 is 0. The Morgan fingerprint density at radius 1 is 1.19 bits per heavy atom. The van der Waals surface area contributed by atoms with Gasteiger partial charge in [-0.1, -0.05) is 0 Å². The van der Waals surface area contributed by atoms with Crippen molar-refractivity contribution in [2.75, 3.05) is 19.0 Å². The van der Waals surface area contributed by atoms with Gasteiger partial charge in [0, 0.05) is 38.0 Å². The molecule has 2 fully saturated rings. The Balaban J connectivity index is 1.81. The van der Waals surface area contributed by atoms with E-state index < -0.39 is 0 Å². The topological polar surface area (TPSA) is 34.0 Å². The van der Waals surface area contributed by atoms with Gasteiger partial charge in [0.15, 0.2) is 0 Å². The fourth-order valence-electron chi connectivity index (χ4n) is 3.05. The van der Waals surface area contributed by atoms with E-state index in [0.717, 1.165) is 5.69 Å². The van der Waals surface area contributed by atoms with Crippen LogP contribution >= 0.6 is 0 Å². The summed E-state index contributed by atoms with van der Waals surface area (Å²) in [5.74, 6) is 0.651. The van der Waals surface area contributed by atoms with Crippen LogP contribution in [-0.4, -0.2) is 28.9 Å². The van der Waals surface area contributed by atoms with Crippen molar-refractivity contribution in [3.05, 3.63) is 30.2 Å². The first-order valence-corrected chi connectivity index (χ1v) is 7.96. The summed E-state index contributed by atoms with van der Waals surface area (Å²) in [4.78, 5) is 6.80. The van der Waals surface area contributed by atoms with Gasteiger partial charge in [-0.2, -0.15) is 5.10 Å². The predicted molar refractivity (Wildman–Crippen MR) is 84.6 cm³/mol. The molecule has 0 unspecified atom stereocenters. The van der Waals surface area contributed by atoms with Crippen molar-refractivity contribution in [1.82, 2.24) is 14.8 Å². The number of hydrogen-bond donors (Lipinski definition) is 0. The molecule has 0 bridgehead atoms. The van der Waals surface area contributed by atoms with Crippen molar-refractivity contribution in [1.29, 1.82) is 0 Å². The van der Waals surface area contributed by atoms with Crippen molar-refractivity contribution in [2.45, 2.75) is 44.1 Å². The van der Waals surface area contributed by atoms with Crippen molar-refractivity contribution in [3.63, 3.8) is 0 Å². The van der Waals surface area contributed by atoms with Crippen LogP contribution < -0.4 is 4.90 Å². The maximum Gasteiger partial charge on any atom is 0.0969 e. The summed E-state index contributed by atoms with van der Waals surface area (Å²) in [6.45, 7) is 0. The van der Waals surface area contributed by atoms with Crippen LogP contribution in [0.15, 0.2) is 24.5 Å². The second-order valence-corrected chi connectivity index (χ2v) is 6.53. The second kappa shape index (κ2) is 4.86. The fraction of sp³-hybridized carbons (Fsp3) is 0.529. The Morgan fingerprint density at radius 3 is 2.62 bits per heavy atom. The summed E-state index contributed by atoms with van der Waals surface area (Å²) < 4.78 is 2.21. The zero-order valence-corrected chi connectivity index (χ0v) is 12.8. The van der Waals surface area contributed by atoms with Crippen molar-refractivity contribution < 1.29 is 0 Å². The maximum atomic E-state index is 4.93. The van der Waals surface area contributed by atoms with Gasteiger partial charge in [-0.25, -0.2) is 0 Å². The van der Waals surface area contributed by atoms with Gasteiger partial charge in [0.2, 0.25) is 0 Å². The third-order valence-electron chi connectivity index (χ3n) is 4.70. The Labute approximate surface area is 125 Å². The molecule has 0 amide bonds. The van der Waals surface area contributed by atoms with Gasteiger partial charge in [0.25, 0.3) is 0 Å². The Bertz CT molecular complexity index is 651. The summed E-state index contributed by atoms with van der Waals surface area (Å²) in [5, 5.41) is 4.93. The Morgan fingerprint density at radius 2 is 2.00 bits per heavy atom.